The van der Waals surface area contributed by atoms with Gasteiger partial charge in [-0.1, -0.05) is 23.2 Å². The Morgan fingerprint density at radius 1 is 1.02 bits per heavy atom. The third-order valence-electron chi connectivity index (χ3n) is 7.95. The van der Waals surface area contributed by atoms with Crippen LogP contribution in [0.1, 0.15) is 25.3 Å². The van der Waals surface area contributed by atoms with Crippen molar-refractivity contribution in [2.45, 2.75) is 32.4 Å². The van der Waals surface area contributed by atoms with Crippen molar-refractivity contribution < 1.29 is 19.4 Å². The number of rotatable bonds is 10. The fourth-order valence-corrected chi connectivity index (χ4v) is 6.19. The second-order valence-corrected chi connectivity index (χ2v) is 12.4. The molecule has 2 aliphatic rings. The van der Waals surface area contributed by atoms with E-state index in [4.69, 9.17) is 37.7 Å². The van der Waals surface area contributed by atoms with E-state index in [0.717, 1.165) is 81.3 Å². The summed E-state index contributed by atoms with van der Waals surface area (Å²) in [6.07, 6.45) is 2.93. The number of piperidine rings is 1. The molecule has 2 aromatic heterocycles. The van der Waals surface area contributed by atoms with Crippen molar-refractivity contribution in [3.05, 3.63) is 64.3 Å². The standard InChI is InChI=1S/C32H40Cl2N6O4/c1-22(41)19-39-9-11-40(12-10-39)30-4-3-28(18-36-30)44-31-14-24(13-29(37-31)25-15-26(33)17-27(34)16-25)20-38-7-5-23(6-8-38)21-43-32(42)35-2/h3-4,13-18,22-23,41H,5-12,19-21H2,1-2H3,(H,35,42). The van der Waals surface area contributed by atoms with E-state index in [1.165, 1.54) is 0 Å². The molecule has 0 bridgehead atoms. The Labute approximate surface area is 268 Å². The summed E-state index contributed by atoms with van der Waals surface area (Å²) in [5.74, 6) is 2.31. The molecular weight excluding hydrogens is 603 g/mol. The van der Waals surface area contributed by atoms with E-state index in [1.807, 2.05) is 43.3 Å². The van der Waals surface area contributed by atoms with Gasteiger partial charge in [0.15, 0.2) is 0 Å². The first-order valence-corrected chi connectivity index (χ1v) is 15.8. The van der Waals surface area contributed by atoms with Crippen LogP contribution >= 0.6 is 23.2 Å². The molecule has 1 atom stereocenters. The van der Waals surface area contributed by atoms with E-state index >= 15 is 0 Å². The van der Waals surface area contributed by atoms with E-state index in [-0.39, 0.29) is 12.2 Å². The van der Waals surface area contributed by atoms with Crippen LogP contribution in [0, 0.1) is 5.92 Å². The minimum atomic E-state index is -0.387. The van der Waals surface area contributed by atoms with Crippen molar-refractivity contribution in [3.63, 3.8) is 0 Å². The molecule has 12 heteroatoms. The predicted octanol–water partition coefficient (Wildman–Crippen LogP) is 5.31. The van der Waals surface area contributed by atoms with Gasteiger partial charge in [-0.15, -0.1) is 0 Å². The minimum absolute atomic E-state index is 0.326. The van der Waals surface area contributed by atoms with Crippen LogP contribution in [-0.2, 0) is 11.3 Å². The lowest BCUT2D eigenvalue weighted by Gasteiger charge is -2.35. The molecule has 0 radical (unpaired) electrons. The van der Waals surface area contributed by atoms with Crippen molar-refractivity contribution in [1.29, 1.82) is 0 Å². The fraction of sp³-hybridized carbons (Fsp3) is 0.469. The molecule has 10 nitrogen and oxygen atoms in total. The highest BCUT2D eigenvalue weighted by molar-refractivity contribution is 6.35. The molecule has 44 heavy (non-hydrogen) atoms. The van der Waals surface area contributed by atoms with Gasteiger partial charge in [0.1, 0.15) is 11.6 Å². The minimum Gasteiger partial charge on any atom is -0.449 e. The molecule has 1 aromatic carbocycles. The van der Waals surface area contributed by atoms with Crippen LogP contribution in [0.2, 0.25) is 10.0 Å². The van der Waals surface area contributed by atoms with Gasteiger partial charge in [0, 0.05) is 68.0 Å². The average molecular weight is 644 g/mol. The first kappa shape index (κ1) is 32.2. The number of carbonyl (C=O) groups is 1. The Bertz CT molecular complexity index is 1370. The smallest absolute Gasteiger partial charge is 0.406 e. The van der Waals surface area contributed by atoms with E-state index in [9.17, 15) is 9.90 Å². The first-order chi connectivity index (χ1) is 21.2. The molecule has 2 N–H and O–H groups in total. The van der Waals surface area contributed by atoms with Crippen molar-refractivity contribution in [3.8, 4) is 22.9 Å². The summed E-state index contributed by atoms with van der Waals surface area (Å²) in [6, 6.07) is 13.3. The van der Waals surface area contributed by atoms with Crippen molar-refractivity contribution in [1.82, 2.24) is 25.1 Å². The summed E-state index contributed by atoms with van der Waals surface area (Å²) < 4.78 is 11.5. The van der Waals surface area contributed by atoms with Gasteiger partial charge in [0.25, 0.3) is 0 Å². The normalized spacial score (nSPS) is 17.3. The highest BCUT2D eigenvalue weighted by atomic mass is 35.5. The highest BCUT2D eigenvalue weighted by Gasteiger charge is 2.22. The Hall–Kier alpha value is -3.15. The van der Waals surface area contributed by atoms with Crippen LogP contribution < -0.4 is 15.0 Å². The lowest BCUT2D eigenvalue weighted by molar-refractivity contribution is 0.0955. The summed E-state index contributed by atoms with van der Waals surface area (Å²) in [5.41, 5.74) is 2.58. The topological polar surface area (TPSA) is 103 Å². The van der Waals surface area contributed by atoms with Crippen molar-refractivity contribution in [2.24, 2.45) is 5.92 Å². The second-order valence-electron chi connectivity index (χ2n) is 11.5. The maximum absolute atomic E-state index is 11.5. The molecule has 236 valence electrons. The zero-order valence-corrected chi connectivity index (χ0v) is 26.7. The van der Waals surface area contributed by atoms with Gasteiger partial charge in [-0.25, -0.2) is 14.8 Å². The van der Waals surface area contributed by atoms with E-state index in [2.05, 4.69) is 25.0 Å². The number of amides is 1. The Kier molecular flexibility index (Phi) is 11.2. The molecule has 1 unspecified atom stereocenters. The number of anilines is 1. The number of ether oxygens (including phenoxy) is 2. The van der Waals surface area contributed by atoms with Gasteiger partial charge in [0.05, 0.1) is 24.6 Å². The number of piperazine rings is 1. The molecule has 5 rings (SSSR count). The lowest BCUT2D eigenvalue weighted by Crippen LogP contribution is -2.48. The summed E-state index contributed by atoms with van der Waals surface area (Å²) in [6.45, 7) is 8.96. The Morgan fingerprint density at radius 2 is 1.75 bits per heavy atom. The summed E-state index contributed by atoms with van der Waals surface area (Å²) >= 11 is 12.7. The van der Waals surface area contributed by atoms with Crippen LogP contribution in [0.15, 0.2) is 48.7 Å². The van der Waals surface area contributed by atoms with Gasteiger partial charge >= 0.3 is 6.09 Å². The molecule has 4 heterocycles. The number of hydrogen-bond donors (Lipinski definition) is 2. The van der Waals surface area contributed by atoms with E-state index < -0.39 is 0 Å². The third-order valence-corrected chi connectivity index (χ3v) is 8.39. The molecular formula is C32H40Cl2N6O4. The fourth-order valence-electron chi connectivity index (χ4n) is 5.66. The quantitative estimate of drug-likeness (QED) is 0.304. The number of benzene rings is 1. The largest absolute Gasteiger partial charge is 0.449 e. The summed E-state index contributed by atoms with van der Waals surface area (Å²) in [4.78, 5) is 27.8. The molecule has 0 saturated carbocycles. The number of likely N-dealkylation sites (tertiary alicyclic amines) is 1. The van der Waals surface area contributed by atoms with Gasteiger partial charge < -0.3 is 24.8 Å². The number of aliphatic hydroxyl groups excluding tert-OH is 1. The van der Waals surface area contributed by atoms with Crippen LogP contribution in [0.5, 0.6) is 11.6 Å². The van der Waals surface area contributed by atoms with Gasteiger partial charge in [0.2, 0.25) is 5.88 Å². The van der Waals surface area contributed by atoms with Crippen molar-refractivity contribution >= 4 is 35.1 Å². The number of aromatic nitrogens is 2. The number of halogens is 2. The molecule has 2 fully saturated rings. The maximum Gasteiger partial charge on any atom is 0.406 e. The Balaban J connectivity index is 1.27. The van der Waals surface area contributed by atoms with E-state index in [0.29, 0.717) is 40.7 Å². The van der Waals surface area contributed by atoms with Gasteiger partial charge in [-0.3, -0.25) is 9.80 Å². The number of carbonyl (C=O) groups excluding carboxylic acids is 1. The van der Waals surface area contributed by atoms with Crippen LogP contribution in [0.25, 0.3) is 11.3 Å². The first-order valence-electron chi connectivity index (χ1n) is 15.1. The maximum atomic E-state index is 11.5. The number of pyridine rings is 2. The SMILES string of the molecule is CNC(=O)OCC1CCN(Cc2cc(Oc3ccc(N4CCN(CC(C)O)CC4)nc3)nc(-c3cc(Cl)cc(Cl)c3)c2)CC1. The summed E-state index contributed by atoms with van der Waals surface area (Å²) in [5, 5.41) is 13.2. The summed E-state index contributed by atoms with van der Waals surface area (Å²) in [7, 11) is 1.57. The van der Waals surface area contributed by atoms with Crippen LogP contribution in [0.4, 0.5) is 10.6 Å². The highest BCUT2D eigenvalue weighted by Crippen LogP contribution is 2.31. The number of β-amino-alcohol motifs (C(OH)–C–C–N with tert-alkyl or cyclic N) is 1. The van der Waals surface area contributed by atoms with Gasteiger partial charge in [-0.05, 0) is 80.7 Å². The number of hydrogen-bond acceptors (Lipinski definition) is 9. The molecule has 3 aromatic rings. The number of nitrogens with zero attached hydrogens (tertiary/aromatic N) is 5. The lowest BCUT2D eigenvalue weighted by atomic mass is 9.97. The average Bonchev–Trinajstić information content (AvgIpc) is 3.00. The zero-order chi connectivity index (χ0) is 31.1. The van der Waals surface area contributed by atoms with Gasteiger partial charge in [-0.2, -0.15) is 0 Å². The monoisotopic (exact) mass is 642 g/mol. The zero-order valence-electron chi connectivity index (χ0n) is 25.2. The number of aliphatic hydroxyl groups is 1. The Morgan fingerprint density at radius 3 is 2.39 bits per heavy atom. The third kappa shape index (κ3) is 9.18. The van der Waals surface area contributed by atoms with Crippen LogP contribution in [-0.4, -0.2) is 96.5 Å². The van der Waals surface area contributed by atoms with Crippen LogP contribution in [0.3, 0.4) is 0 Å². The number of alkyl carbamates (subject to hydrolysis) is 1. The van der Waals surface area contributed by atoms with E-state index in [1.54, 1.807) is 19.3 Å². The molecule has 0 aliphatic carbocycles. The molecule has 2 aliphatic heterocycles. The van der Waals surface area contributed by atoms with Crippen molar-refractivity contribution in [2.75, 3.05) is 64.4 Å². The molecule has 2 saturated heterocycles. The second kappa shape index (κ2) is 15.2. The molecule has 0 spiro atoms. The predicted molar refractivity (Wildman–Crippen MR) is 173 cm³/mol. The number of nitrogens with one attached hydrogen (secondary N) is 1. The molecule has 1 amide bonds.